The predicted octanol–water partition coefficient (Wildman–Crippen LogP) is 2.73. The van der Waals surface area contributed by atoms with Crippen molar-refractivity contribution in [1.82, 2.24) is 0 Å². The third-order valence-electron chi connectivity index (χ3n) is 1.93. The van der Waals surface area contributed by atoms with Crippen LogP contribution in [0.5, 0.6) is 0 Å². The minimum Gasteiger partial charge on any atom is -0.469 e. The van der Waals surface area contributed by atoms with Crippen LogP contribution in [0.2, 0.25) is 0 Å². The van der Waals surface area contributed by atoms with Gasteiger partial charge in [0.1, 0.15) is 0 Å². The van der Waals surface area contributed by atoms with E-state index in [9.17, 15) is 4.79 Å². The second-order valence-corrected chi connectivity index (χ2v) is 3.62. The van der Waals surface area contributed by atoms with Gasteiger partial charge in [-0.3, -0.25) is 4.79 Å². The number of carbonyl (C=O) groups is 1. The summed E-state index contributed by atoms with van der Waals surface area (Å²) in [5, 5.41) is 0. The molecule has 1 atom stereocenters. The summed E-state index contributed by atoms with van der Waals surface area (Å²) in [6, 6.07) is 7.64. The molecule has 0 fully saturated rings. The van der Waals surface area contributed by atoms with Gasteiger partial charge in [-0.25, -0.2) is 0 Å². The Hall–Kier alpha value is -0.830. The van der Waals surface area contributed by atoms with Crippen molar-refractivity contribution < 1.29 is 9.53 Å². The summed E-state index contributed by atoms with van der Waals surface area (Å²) in [5.74, 6) is -0.438. The van der Waals surface area contributed by atoms with Gasteiger partial charge in [0.05, 0.1) is 13.0 Å². The molecule has 3 heteroatoms. The molecule has 70 valence electrons. The Balaban J connectivity index is 2.95. The quantitative estimate of drug-likeness (QED) is 0.746. The molecule has 0 aliphatic carbocycles. The lowest BCUT2D eigenvalue weighted by molar-refractivity contribution is -0.142. The zero-order chi connectivity index (χ0) is 9.84. The number of methoxy groups -OCH3 is 1. The monoisotopic (exact) mass is 242 g/mol. The van der Waals surface area contributed by atoms with E-state index in [1.165, 1.54) is 7.11 Å². The maximum Gasteiger partial charge on any atom is 0.312 e. The van der Waals surface area contributed by atoms with E-state index >= 15 is 0 Å². The fourth-order valence-corrected chi connectivity index (χ4v) is 1.76. The van der Waals surface area contributed by atoms with Crippen LogP contribution >= 0.6 is 15.9 Å². The average molecular weight is 243 g/mol. The van der Waals surface area contributed by atoms with E-state index in [4.69, 9.17) is 0 Å². The molecule has 0 aliphatic rings. The van der Waals surface area contributed by atoms with E-state index in [0.717, 1.165) is 10.0 Å². The molecule has 0 unspecified atom stereocenters. The molecule has 0 spiro atoms. The number of ether oxygens (including phenoxy) is 1. The summed E-state index contributed by atoms with van der Waals surface area (Å²) >= 11 is 3.39. The first-order chi connectivity index (χ1) is 6.16. The first-order valence-electron chi connectivity index (χ1n) is 3.99. The SMILES string of the molecule is COC(=O)[C@@H](C)c1ccccc1Br. The topological polar surface area (TPSA) is 26.3 Å². The Morgan fingerprint density at radius 2 is 2.08 bits per heavy atom. The molecule has 1 aromatic carbocycles. The predicted molar refractivity (Wildman–Crippen MR) is 54.6 cm³/mol. The largest absolute Gasteiger partial charge is 0.469 e. The van der Waals surface area contributed by atoms with Crippen LogP contribution in [-0.2, 0) is 9.53 Å². The minimum atomic E-state index is -0.222. The van der Waals surface area contributed by atoms with Gasteiger partial charge in [0.2, 0.25) is 0 Å². The van der Waals surface area contributed by atoms with E-state index in [1.54, 1.807) is 0 Å². The van der Waals surface area contributed by atoms with Gasteiger partial charge >= 0.3 is 5.97 Å². The van der Waals surface area contributed by atoms with Crippen molar-refractivity contribution in [3.05, 3.63) is 34.3 Å². The van der Waals surface area contributed by atoms with Crippen molar-refractivity contribution in [2.24, 2.45) is 0 Å². The second kappa shape index (κ2) is 4.42. The molecule has 0 saturated heterocycles. The number of hydrogen-bond acceptors (Lipinski definition) is 2. The molecule has 13 heavy (non-hydrogen) atoms. The molecule has 0 aromatic heterocycles. The smallest absolute Gasteiger partial charge is 0.312 e. The summed E-state index contributed by atoms with van der Waals surface area (Å²) in [5.41, 5.74) is 0.953. The molecule has 0 amide bonds. The van der Waals surface area contributed by atoms with Crippen molar-refractivity contribution in [1.29, 1.82) is 0 Å². The van der Waals surface area contributed by atoms with Crippen LogP contribution in [0, 0.1) is 0 Å². The van der Waals surface area contributed by atoms with Crippen LogP contribution in [0.3, 0.4) is 0 Å². The van der Waals surface area contributed by atoms with Crippen molar-refractivity contribution >= 4 is 21.9 Å². The number of rotatable bonds is 2. The fraction of sp³-hybridized carbons (Fsp3) is 0.300. The summed E-state index contributed by atoms with van der Waals surface area (Å²) in [6.45, 7) is 1.83. The van der Waals surface area contributed by atoms with Crippen LogP contribution < -0.4 is 0 Å². The Morgan fingerprint density at radius 1 is 1.46 bits per heavy atom. The molecule has 0 radical (unpaired) electrons. The third kappa shape index (κ3) is 2.31. The van der Waals surface area contributed by atoms with E-state index in [-0.39, 0.29) is 11.9 Å². The lowest BCUT2D eigenvalue weighted by atomic mass is 10.0. The highest BCUT2D eigenvalue weighted by atomic mass is 79.9. The Kier molecular flexibility index (Phi) is 3.48. The summed E-state index contributed by atoms with van der Waals surface area (Å²) in [4.78, 5) is 11.2. The second-order valence-electron chi connectivity index (χ2n) is 2.77. The van der Waals surface area contributed by atoms with Gasteiger partial charge in [-0.2, -0.15) is 0 Å². The maximum atomic E-state index is 11.2. The van der Waals surface area contributed by atoms with Gasteiger partial charge in [-0.05, 0) is 18.6 Å². The lowest BCUT2D eigenvalue weighted by Crippen LogP contribution is -2.11. The van der Waals surface area contributed by atoms with Gasteiger partial charge in [0, 0.05) is 4.47 Å². The normalized spacial score (nSPS) is 12.2. The Labute approximate surface area is 86.0 Å². The molecular formula is C10H11BrO2. The molecule has 0 aliphatic heterocycles. The molecule has 1 aromatic rings. The highest BCUT2D eigenvalue weighted by Gasteiger charge is 2.17. The summed E-state index contributed by atoms with van der Waals surface area (Å²) in [7, 11) is 1.40. The molecule has 1 rings (SSSR count). The molecule has 2 nitrogen and oxygen atoms in total. The molecule has 0 heterocycles. The standard InChI is InChI=1S/C10H11BrO2/c1-7(10(12)13-2)8-5-3-4-6-9(8)11/h3-7H,1-2H3/t7-/m0/s1. The van der Waals surface area contributed by atoms with Crippen molar-refractivity contribution in [2.45, 2.75) is 12.8 Å². The maximum absolute atomic E-state index is 11.2. The highest BCUT2D eigenvalue weighted by Crippen LogP contribution is 2.24. The van der Waals surface area contributed by atoms with Gasteiger partial charge in [0.25, 0.3) is 0 Å². The van der Waals surface area contributed by atoms with E-state index in [1.807, 2.05) is 31.2 Å². The lowest BCUT2D eigenvalue weighted by Gasteiger charge is -2.10. The zero-order valence-electron chi connectivity index (χ0n) is 7.58. The van der Waals surface area contributed by atoms with Crippen molar-refractivity contribution in [2.75, 3.05) is 7.11 Å². The number of benzene rings is 1. The number of halogens is 1. The van der Waals surface area contributed by atoms with Crippen LogP contribution in [0.1, 0.15) is 18.4 Å². The van der Waals surface area contributed by atoms with Gasteiger partial charge in [-0.15, -0.1) is 0 Å². The first-order valence-corrected chi connectivity index (χ1v) is 4.78. The Morgan fingerprint density at radius 3 is 2.62 bits per heavy atom. The number of hydrogen-bond donors (Lipinski definition) is 0. The number of esters is 1. The Bertz CT molecular complexity index is 310. The minimum absolute atomic E-state index is 0.216. The van der Waals surface area contributed by atoms with Gasteiger partial charge in [0.15, 0.2) is 0 Å². The highest BCUT2D eigenvalue weighted by molar-refractivity contribution is 9.10. The summed E-state index contributed by atoms with van der Waals surface area (Å²) in [6.07, 6.45) is 0. The first kappa shape index (κ1) is 10.3. The average Bonchev–Trinajstić information content (AvgIpc) is 2.16. The van der Waals surface area contributed by atoms with Crippen LogP contribution in [0.15, 0.2) is 28.7 Å². The van der Waals surface area contributed by atoms with Crippen molar-refractivity contribution in [3.63, 3.8) is 0 Å². The molecule has 0 N–H and O–H groups in total. The summed E-state index contributed by atoms with van der Waals surface area (Å²) < 4.78 is 5.60. The number of carbonyl (C=O) groups excluding carboxylic acids is 1. The van der Waals surface area contributed by atoms with Crippen molar-refractivity contribution in [3.8, 4) is 0 Å². The van der Waals surface area contributed by atoms with Crippen LogP contribution in [-0.4, -0.2) is 13.1 Å². The van der Waals surface area contributed by atoms with E-state index < -0.39 is 0 Å². The molecular weight excluding hydrogens is 232 g/mol. The van der Waals surface area contributed by atoms with E-state index in [0.29, 0.717) is 0 Å². The van der Waals surface area contributed by atoms with Gasteiger partial charge < -0.3 is 4.74 Å². The van der Waals surface area contributed by atoms with Crippen LogP contribution in [0.4, 0.5) is 0 Å². The third-order valence-corrected chi connectivity index (χ3v) is 2.65. The fourth-order valence-electron chi connectivity index (χ4n) is 1.13. The van der Waals surface area contributed by atoms with Crippen LogP contribution in [0.25, 0.3) is 0 Å². The molecule has 0 bridgehead atoms. The van der Waals surface area contributed by atoms with E-state index in [2.05, 4.69) is 20.7 Å². The zero-order valence-corrected chi connectivity index (χ0v) is 9.17. The van der Waals surface area contributed by atoms with Gasteiger partial charge in [-0.1, -0.05) is 34.1 Å². The molecule has 0 saturated carbocycles.